The minimum Gasteiger partial charge on any atom is -0.399 e. The number of H-pyrrole nitrogens is 2. The van der Waals surface area contributed by atoms with Gasteiger partial charge in [0, 0.05) is 17.8 Å². The molecule has 4 aromatic rings. The largest absolute Gasteiger partial charge is 0.399 e. The Morgan fingerprint density at radius 3 is 2.38 bits per heavy atom. The number of likely N-dealkylation sites (N-methyl/N-ethyl adjacent to an activating group) is 1. The van der Waals surface area contributed by atoms with Crippen molar-refractivity contribution < 1.29 is 0 Å². The third-order valence-corrected chi connectivity index (χ3v) is 8.12. The molecule has 4 N–H and O–H groups in total. The lowest BCUT2D eigenvalue weighted by Crippen LogP contribution is -2.48. The van der Waals surface area contributed by atoms with Crippen LogP contribution in [0.1, 0.15) is 56.8 Å². The normalized spacial score (nSPS) is 14.2. The molecule has 0 aliphatic rings. The standard InChI is InChI=1S/C31H43N7O2/c1-5-37(22(2)38-30(39)28-29(34-21-33-28)35-31(38)40)25(16-11-15-24-14-9-10-17-27(24)32)18-19-26(36(3)4)20-23-12-7-6-8-13-23/h6-10,12-14,17,21-22,25-26H,5,11,15-16,18-20,32H2,1-4H3,(H,33,34)(H,35,40). The Hall–Kier alpha value is -3.69. The first-order chi connectivity index (χ1) is 19.3. The Labute approximate surface area is 236 Å². The number of nitrogens with zero attached hydrogens (tertiary/aromatic N) is 4. The van der Waals surface area contributed by atoms with Gasteiger partial charge in [0.15, 0.2) is 5.65 Å². The molecule has 2 heterocycles. The lowest BCUT2D eigenvalue weighted by molar-refractivity contribution is 0.0806. The van der Waals surface area contributed by atoms with Crippen LogP contribution in [0.2, 0.25) is 0 Å². The number of nitrogens with two attached hydrogens (primary N) is 1. The molecule has 0 spiro atoms. The highest BCUT2D eigenvalue weighted by molar-refractivity contribution is 5.67. The summed E-state index contributed by atoms with van der Waals surface area (Å²) in [5.41, 5.74) is 9.33. The number of anilines is 1. The molecule has 0 saturated heterocycles. The van der Waals surface area contributed by atoms with Crippen LogP contribution in [0.3, 0.4) is 0 Å². The monoisotopic (exact) mass is 545 g/mol. The van der Waals surface area contributed by atoms with E-state index in [1.54, 1.807) is 0 Å². The van der Waals surface area contributed by atoms with Crippen molar-refractivity contribution in [2.45, 2.75) is 70.6 Å². The molecule has 3 atom stereocenters. The van der Waals surface area contributed by atoms with Crippen LogP contribution < -0.4 is 17.0 Å². The third-order valence-electron chi connectivity index (χ3n) is 8.12. The van der Waals surface area contributed by atoms with Crippen molar-refractivity contribution >= 4 is 16.9 Å². The number of rotatable bonds is 14. The highest BCUT2D eigenvalue weighted by Gasteiger charge is 2.27. The van der Waals surface area contributed by atoms with Gasteiger partial charge in [0.2, 0.25) is 0 Å². The van der Waals surface area contributed by atoms with Crippen LogP contribution in [0, 0.1) is 0 Å². The first-order valence-electron chi connectivity index (χ1n) is 14.3. The second-order valence-electron chi connectivity index (χ2n) is 10.8. The number of nitrogen functional groups attached to an aromatic ring is 1. The predicted octanol–water partition coefficient (Wildman–Crippen LogP) is 4.18. The lowest BCUT2D eigenvalue weighted by Gasteiger charge is -2.37. The van der Waals surface area contributed by atoms with Crippen molar-refractivity contribution in [1.29, 1.82) is 0 Å². The summed E-state index contributed by atoms with van der Waals surface area (Å²) in [5.74, 6) is 0. The van der Waals surface area contributed by atoms with E-state index in [4.69, 9.17) is 5.73 Å². The van der Waals surface area contributed by atoms with Crippen molar-refractivity contribution in [3.63, 3.8) is 0 Å². The fourth-order valence-corrected chi connectivity index (χ4v) is 5.82. The fraction of sp³-hybridized carbons (Fsp3) is 0.452. The summed E-state index contributed by atoms with van der Waals surface area (Å²) in [5, 5.41) is 0. The molecule has 0 bridgehead atoms. The molecule has 3 unspecified atom stereocenters. The molecule has 0 aliphatic heterocycles. The Morgan fingerprint density at radius 2 is 1.68 bits per heavy atom. The van der Waals surface area contributed by atoms with Crippen LogP contribution >= 0.6 is 0 Å². The number of para-hydroxylation sites is 1. The van der Waals surface area contributed by atoms with Crippen LogP contribution in [0.4, 0.5) is 5.69 Å². The number of nitrogens with one attached hydrogen (secondary N) is 2. The van der Waals surface area contributed by atoms with Crippen molar-refractivity contribution in [2.75, 3.05) is 26.4 Å². The fourth-order valence-electron chi connectivity index (χ4n) is 5.82. The van der Waals surface area contributed by atoms with Gasteiger partial charge in [-0.2, -0.15) is 0 Å². The molecule has 2 aromatic heterocycles. The minimum absolute atomic E-state index is 0.173. The summed E-state index contributed by atoms with van der Waals surface area (Å²) in [6.07, 6.45) is 6.68. The van der Waals surface area contributed by atoms with Crippen molar-refractivity contribution in [3.8, 4) is 0 Å². The molecule has 2 aromatic carbocycles. The summed E-state index contributed by atoms with van der Waals surface area (Å²) in [6, 6.07) is 19.2. The van der Waals surface area contributed by atoms with Gasteiger partial charge in [-0.3, -0.25) is 14.7 Å². The van der Waals surface area contributed by atoms with Gasteiger partial charge in [-0.05, 0) is 83.3 Å². The van der Waals surface area contributed by atoms with E-state index in [1.807, 2.05) is 25.1 Å². The van der Waals surface area contributed by atoms with E-state index >= 15 is 0 Å². The van der Waals surface area contributed by atoms with Gasteiger partial charge >= 0.3 is 5.69 Å². The number of aromatic amines is 2. The Balaban J connectivity index is 1.58. The highest BCUT2D eigenvalue weighted by Crippen LogP contribution is 2.25. The SMILES string of the molecule is CCN(C(CCCc1ccccc1N)CCC(Cc1ccccc1)N(C)C)C(C)n1c(=O)[nH]c2nc[nH]c2c1=O. The molecular weight excluding hydrogens is 502 g/mol. The van der Waals surface area contributed by atoms with Crippen LogP contribution in [0.5, 0.6) is 0 Å². The Morgan fingerprint density at radius 1 is 0.975 bits per heavy atom. The molecule has 0 fully saturated rings. The number of hydrogen-bond acceptors (Lipinski definition) is 6. The molecule has 40 heavy (non-hydrogen) atoms. The van der Waals surface area contributed by atoms with Crippen molar-refractivity contribution in [2.24, 2.45) is 0 Å². The van der Waals surface area contributed by atoms with E-state index in [0.29, 0.717) is 18.1 Å². The van der Waals surface area contributed by atoms with Gasteiger partial charge in [-0.1, -0.05) is 55.5 Å². The maximum absolute atomic E-state index is 13.3. The van der Waals surface area contributed by atoms with E-state index in [-0.39, 0.29) is 17.2 Å². The number of aromatic nitrogens is 4. The van der Waals surface area contributed by atoms with Crippen LogP contribution in [0.15, 0.2) is 70.5 Å². The van der Waals surface area contributed by atoms with Gasteiger partial charge in [-0.25, -0.2) is 14.3 Å². The Bertz CT molecular complexity index is 1470. The zero-order chi connectivity index (χ0) is 28.6. The van der Waals surface area contributed by atoms with E-state index in [2.05, 4.69) is 82.2 Å². The van der Waals surface area contributed by atoms with E-state index < -0.39 is 11.9 Å². The summed E-state index contributed by atoms with van der Waals surface area (Å²) in [7, 11) is 4.28. The molecule has 0 aliphatic carbocycles. The summed E-state index contributed by atoms with van der Waals surface area (Å²) in [4.78, 5) is 40.7. The smallest absolute Gasteiger partial charge is 0.331 e. The van der Waals surface area contributed by atoms with Gasteiger partial charge in [0.1, 0.15) is 5.52 Å². The highest BCUT2D eigenvalue weighted by atomic mass is 16.2. The number of fused-ring (bicyclic) bond motifs is 1. The van der Waals surface area contributed by atoms with Crippen molar-refractivity contribution in [3.05, 3.63) is 92.9 Å². The quantitative estimate of drug-likeness (QED) is 0.205. The zero-order valence-corrected chi connectivity index (χ0v) is 24.1. The summed E-state index contributed by atoms with van der Waals surface area (Å²) < 4.78 is 1.32. The van der Waals surface area contributed by atoms with Gasteiger partial charge < -0.3 is 15.6 Å². The molecule has 0 radical (unpaired) electrons. The molecule has 0 amide bonds. The van der Waals surface area contributed by atoms with Gasteiger partial charge in [0.25, 0.3) is 5.56 Å². The number of imidazole rings is 1. The second kappa shape index (κ2) is 13.6. The Kier molecular flexibility index (Phi) is 9.95. The molecule has 214 valence electrons. The number of benzene rings is 2. The topological polar surface area (TPSA) is 116 Å². The molecule has 0 saturated carbocycles. The van der Waals surface area contributed by atoms with E-state index in [1.165, 1.54) is 16.5 Å². The summed E-state index contributed by atoms with van der Waals surface area (Å²) >= 11 is 0. The zero-order valence-electron chi connectivity index (χ0n) is 24.1. The lowest BCUT2D eigenvalue weighted by atomic mass is 9.94. The molecule has 9 heteroatoms. The predicted molar refractivity (Wildman–Crippen MR) is 163 cm³/mol. The van der Waals surface area contributed by atoms with Crippen LogP contribution in [0.25, 0.3) is 11.2 Å². The van der Waals surface area contributed by atoms with Gasteiger partial charge in [-0.15, -0.1) is 0 Å². The van der Waals surface area contributed by atoms with Crippen LogP contribution in [-0.4, -0.2) is 62.0 Å². The van der Waals surface area contributed by atoms with Crippen molar-refractivity contribution in [1.82, 2.24) is 29.3 Å². The van der Waals surface area contributed by atoms with Gasteiger partial charge in [0.05, 0.1) is 12.5 Å². The number of hydrogen-bond donors (Lipinski definition) is 3. The molecular formula is C31H43N7O2. The first-order valence-corrected chi connectivity index (χ1v) is 14.3. The maximum atomic E-state index is 13.3. The summed E-state index contributed by atoms with van der Waals surface area (Å²) in [6.45, 7) is 4.75. The average molecular weight is 546 g/mol. The first kappa shape index (κ1) is 29.3. The maximum Gasteiger partial charge on any atom is 0.331 e. The second-order valence-corrected chi connectivity index (χ2v) is 10.8. The third kappa shape index (κ3) is 6.89. The molecule has 9 nitrogen and oxygen atoms in total. The number of aryl methyl sites for hydroxylation is 1. The average Bonchev–Trinajstić information content (AvgIpc) is 3.41. The van der Waals surface area contributed by atoms with E-state index in [9.17, 15) is 9.59 Å². The molecule has 4 rings (SSSR count). The van der Waals surface area contributed by atoms with Crippen LogP contribution in [-0.2, 0) is 12.8 Å². The van der Waals surface area contributed by atoms with E-state index in [0.717, 1.165) is 49.8 Å². The minimum atomic E-state index is -0.443.